The Bertz CT molecular complexity index is 739. The molecule has 23 heavy (non-hydrogen) atoms. The van der Waals surface area contributed by atoms with E-state index in [4.69, 9.17) is 4.74 Å². The molecule has 0 aliphatic carbocycles. The molecule has 1 unspecified atom stereocenters. The normalized spacial score (nSPS) is 12.5. The molecule has 0 spiro atoms. The second-order valence-corrected chi connectivity index (χ2v) is 5.47. The van der Waals surface area contributed by atoms with Gasteiger partial charge in [0, 0.05) is 18.7 Å². The van der Waals surface area contributed by atoms with Crippen LogP contribution in [-0.2, 0) is 4.74 Å². The minimum Gasteiger partial charge on any atom is -0.370 e. The van der Waals surface area contributed by atoms with Gasteiger partial charge in [-0.3, -0.25) is 9.78 Å². The molecule has 1 aromatic heterocycles. The summed E-state index contributed by atoms with van der Waals surface area (Å²) in [5.74, 6) is -1.28. The van der Waals surface area contributed by atoms with Crippen LogP contribution in [0.25, 0.3) is 0 Å². The van der Waals surface area contributed by atoms with Crippen molar-refractivity contribution in [3.05, 3.63) is 57.0 Å². The summed E-state index contributed by atoms with van der Waals surface area (Å²) in [7, 11) is 1.31. The molecule has 0 radical (unpaired) electrons. The van der Waals surface area contributed by atoms with Gasteiger partial charge in [0.25, 0.3) is 5.56 Å². The summed E-state index contributed by atoms with van der Waals surface area (Å²) in [5.41, 5.74) is -0.249. The molecule has 2 aromatic rings. The van der Waals surface area contributed by atoms with Gasteiger partial charge in [0.2, 0.25) is 5.95 Å². The standard InChI is InChI=1S/C16H19F2N3O2/c1-8(2)19-16-20-13(9(3)15(22)21-16)14(23-4)12-10(17)6-5-7-11(12)18/h5-8,14H,1-4H3,(H2,19,20,21,22). The van der Waals surface area contributed by atoms with Crippen LogP contribution in [0.4, 0.5) is 14.7 Å². The van der Waals surface area contributed by atoms with Gasteiger partial charge in [-0.2, -0.15) is 0 Å². The second-order valence-electron chi connectivity index (χ2n) is 5.47. The third-order valence-electron chi connectivity index (χ3n) is 3.36. The van der Waals surface area contributed by atoms with Crippen molar-refractivity contribution in [2.45, 2.75) is 32.9 Å². The summed E-state index contributed by atoms with van der Waals surface area (Å²) in [5, 5.41) is 2.96. The first-order valence-corrected chi connectivity index (χ1v) is 7.19. The van der Waals surface area contributed by atoms with Crippen molar-refractivity contribution in [2.24, 2.45) is 0 Å². The van der Waals surface area contributed by atoms with Crippen molar-refractivity contribution in [1.82, 2.24) is 9.97 Å². The zero-order valence-electron chi connectivity index (χ0n) is 13.4. The maximum absolute atomic E-state index is 14.1. The number of aromatic amines is 1. The van der Waals surface area contributed by atoms with Crippen LogP contribution in [0.3, 0.4) is 0 Å². The number of methoxy groups -OCH3 is 1. The first kappa shape index (κ1) is 17.1. The third kappa shape index (κ3) is 3.56. The zero-order valence-corrected chi connectivity index (χ0v) is 13.4. The molecule has 7 heteroatoms. The van der Waals surface area contributed by atoms with Gasteiger partial charge in [-0.25, -0.2) is 13.8 Å². The summed E-state index contributed by atoms with van der Waals surface area (Å²) >= 11 is 0. The lowest BCUT2D eigenvalue weighted by atomic mass is 10.0. The highest BCUT2D eigenvalue weighted by Crippen LogP contribution is 2.29. The summed E-state index contributed by atoms with van der Waals surface area (Å²) in [6.45, 7) is 5.29. The predicted molar refractivity (Wildman–Crippen MR) is 83.6 cm³/mol. The van der Waals surface area contributed by atoms with Gasteiger partial charge in [0.15, 0.2) is 0 Å². The van der Waals surface area contributed by atoms with Crippen molar-refractivity contribution >= 4 is 5.95 Å². The highest BCUT2D eigenvalue weighted by Gasteiger charge is 2.26. The number of nitrogens with one attached hydrogen (secondary N) is 2. The number of aromatic nitrogens is 2. The highest BCUT2D eigenvalue weighted by atomic mass is 19.1. The number of hydrogen-bond acceptors (Lipinski definition) is 4. The molecule has 5 nitrogen and oxygen atoms in total. The quantitative estimate of drug-likeness (QED) is 0.888. The fraction of sp³-hybridized carbons (Fsp3) is 0.375. The first-order valence-electron chi connectivity index (χ1n) is 7.19. The van der Waals surface area contributed by atoms with Crippen molar-refractivity contribution < 1.29 is 13.5 Å². The Morgan fingerprint density at radius 3 is 2.39 bits per heavy atom. The molecule has 2 rings (SSSR count). The lowest BCUT2D eigenvalue weighted by Crippen LogP contribution is -2.24. The monoisotopic (exact) mass is 323 g/mol. The minimum absolute atomic E-state index is 0.0277. The number of halogens is 2. The van der Waals surface area contributed by atoms with Crippen molar-refractivity contribution in [3.63, 3.8) is 0 Å². The van der Waals surface area contributed by atoms with Crippen LogP contribution < -0.4 is 10.9 Å². The van der Waals surface area contributed by atoms with E-state index in [-0.39, 0.29) is 28.8 Å². The lowest BCUT2D eigenvalue weighted by Gasteiger charge is -2.19. The van der Waals surface area contributed by atoms with E-state index >= 15 is 0 Å². The first-order chi connectivity index (χ1) is 10.8. The van der Waals surface area contributed by atoms with E-state index in [0.717, 1.165) is 12.1 Å². The van der Waals surface area contributed by atoms with Crippen LogP contribution >= 0.6 is 0 Å². The average Bonchev–Trinajstić information content (AvgIpc) is 2.46. The number of anilines is 1. The van der Waals surface area contributed by atoms with Gasteiger partial charge in [0.1, 0.15) is 17.7 Å². The van der Waals surface area contributed by atoms with Crippen LogP contribution in [0, 0.1) is 18.6 Å². The van der Waals surface area contributed by atoms with E-state index in [9.17, 15) is 13.6 Å². The summed E-state index contributed by atoms with van der Waals surface area (Å²) < 4.78 is 33.4. The Morgan fingerprint density at radius 1 is 1.26 bits per heavy atom. The maximum Gasteiger partial charge on any atom is 0.255 e. The number of nitrogens with zero attached hydrogens (tertiary/aromatic N) is 1. The Kier molecular flexibility index (Phi) is 5.10. The Balaban J connectivity index is 2.62. The molecule has 0 saturated carbocycles. The smallest absolute Gasteiger partial charge is 0.255 e. The number of hydrogen-bond donors (Lipinski definition) is 2. The molecule has 0 aliphatic heterocycles. The fourth-order valence-electron chi connectivity index (χ4n) is 2.27. The topological polar surface area (TPSA) is 67.0 Å². The molecule has 0 bridgehead atoms. The van der Waals surface area contributed by atoms with E-state index in [0.29, 0.717) is 0 Å². The summed E-state index contributed by atoms with van der Waals surface area (Å²) in [6, 6.07) is 3.57. The van der Waals surface area contributed by atoms with Crippen LogP contribution in [0.15, 0.2) is 23.0 Å². The number of ether oxygens (including phenoxy) is 1. The molecule has 0 aliphatic rings. The van der Waals surface area contributed by atoms with E-state index in [2.05, 4.69) is 15.3 Å². The molecular weight excluding hydrogens is 304 g/mol. The Morgan fingerprint density at radius 2 is 1.87 bits per heavy atom. The number of benzene rings is 1. The molecule has 0 amide bonds. The minimum atomic E-state index is -1.12. The highest BCUT2D eigenvalue weighted by molar-refractivity contribution is 5.36. The predicted octanol–water partition coefficient (Wildman–Crippen LogP) is 2.91. The molecule has 1 heterocycles. The molecular formula is C16H19F2N3O2. The summed E-state index contributed by atoms with van der Waals surface area (Å²) in [6.07, 6.45) is -1.12. The molecule has 2 N–H and O–H groups in total. The zero-order chi connectivity index (χ0) is 17.1. The molecule has 0 fully saturated rings. The fourth-order valence-corrected chi connectivity index (χ4v) is 2.27. The maximum atomic E-state index is 14.1. The lowest BCUT2D eigenvalue weighted by molar-refractivity contribution is 0.125. The Hall–Kier alpha value is -2.28. The number of rotatable bonds is 5. The third-order valence-corrected chi connectivity index (χ3v) is 3.36. The van der Waals surface area contributed by atoms with E-state index in [1.807, 2.05) is 13.8 Å². The van der Waals surface area contributed by atoms with Crippen LogP contribution in [0.1, 0.15) is 36.8 Å². The largest absolute Gasteiger partial charge is 0.370 e. The van der Waals surface area contributed by atoms with Gasteiger partial charge >= 0.3 is 0 Å². The number of H-pyrrole nitrogens is 1. The van der Waals surface area contributed by atoms with Gasteiger partial charge in [-0.1, -0.05) is 6.07 Å². The Labute approximate surface area is 132 Å². The molecule has 1 atom stereocenters. The van der Waals surface area contributed by atoms with Crippen molar-refractivity contribution in [3.8, 4) is 0 Å². The van der Waals surface area contributed by atoms with Crippen LogP contribution in [0.5, 0.6) is 0 Å². The molecule has 124 valence electrons. The van der Waals surface area contributed by atoms with Crippen LogP contribution in [-0.4, -0.2) is 23.1 Å². The van der Waals surface area contributed by atoms with Crippen molar-refractivity contribution in [2.75, 3.05) is 12.4 Å². The van der Waals surface area contributed by atoms with E-state index in [1.165, 1.54) is 20.1 Å². The van der Waals surface area contributed by atoms with Crippen LogP contribution in [0.2, 0.25) is 0 Å². The van der Waals surface area contributed by atoms with Crippen molar-refractivity contribution in [1.29, 1.82) is 0 Å². The van der Waals surface area contributed by atoms with Gasteiger partial charge in [0.05, 0.1) is 11.3 Å². The van der Waals surface area contributed by atoms with E-state index in [1.54, 1.807) is 0 Å². The van der Waals surface area contributed by atoms with Gasteiger partial charge < -0.3 is 10.1 Å². The second kappa shape index (κ2) is 6.87. The average molecular weight is 323 g/mol. The molecule has 0 saturated heterocycles. The SMILES string of the molecule is COC(c1nc(NC(C)C)[nH]c(=O)c1C)c1c(F)cccc1F. The van der Waals surface area contributed by atoms with Gasteiger partial charge in [-0.05, 0) is 32.9 Å². The van der Waals surface area contributed by atoms with E-state index < -0.39 is 23.3 Å². The summed E-state index contributed by atoms with van der Waals surface area (Å²) in [4.78, 5) is 18.9. The molecule has 1 aromatic carbocycles. The van der Waals surface area contributed by atoms with Gasteiger partial charge in [-0.15, -0.1) is 0 Å².